The number of ether oxygens (including phenoxy) is 2. The van der Waals surface area contributed by atoms with Crippen LogP contribution >= 0.6 is 0 Å². The predicted octanol–water partition coefficient (Wildman–Crippen LogP) is 4.86. The number of nitrogens with zero attached hydrogens (tertiary/aromatic N) is 1. The summed E-state index contributed by atoms with van der Waals surface area (Å²) in [5.41, 5.74) is 1.14. The SMILES string of the molecule is CNCC(CC12CC3CC(CC(C3)C1)C2)NC(=O)N1CCCC(C(OCCNC(=O)OC)c2cccc(F)c2)C1. The molecule has 0 spiro atoms. The normalized spacial score (nSPS) is 30.5. The fourth-order valence-corrected chi connectivity index (χ4v) is 8.79. The molecule has 1 aromatic rings. The fourth-order valence-electron chi connectivity index (χ4n) is 8.79. The molecule has 3 amide bonds. The van der Waals surface area contributed by atoms with Gasteiger partial charge in [0.1, 0.15) is 5.82 Å². The van der Waals surface area contributed by atoms with E-state index in [2.05, 4.69) is 20.7 Å². The zero-order valence-corrected chi connectivity index (χ0v) is 24.1. The molecule has 0 radical (unpaired) electrons. The number of halogens is 1. The number of nitrogens with one attached hydrogen (secondary N) is 3. The van der Waals surface area contributed by atoms with Crippen LogP contribution in [0.4, 0.5) is 14.0 Å². The fraction of sp³-hybridized carbons (Fsp3) is 0.742. The summed E-state index contributed by atoms with van der Waals surface area (Å²) >= 11 is 0. The number of carbonyl (C=O) groups is 2. The molecule has 4 aliphatic carbocycles. The van der Waals surface area contributed by atoms with Crippen molar-refractivity contribution in [3.05, 3.63) is 35.6 Å². The Bertz CT molecular complexity index is 988. The molecule has 3 atom stereocenters. The standard InChI is InChI=1S/C31H47FN4O4/c1-33-19-27(18-31-15-21-11-22(16-31)13-23(12-21)17-31)35-29(37)36-9-4-6-25(20-36)28(24-5-3-7-26(32)14-24)40-10-8-34-30(38)39-2/h3,5,7,14,21-23,25,27-28,33H,4,6,8-13,15-20H2,1-2H3,(H,34,38)(H,35,37). The Morgan fingerprint density at radius 2 is 1.88 bits per heavy atom. The number of alkyl carbamates (subject to hydrolysis) is 1. The maximum atomic E-state index is 14.2. The first kappa shape index (κ1) is 29.1. The number of piperidine rings is 1. The molecule has 40 heavy (non-hydrogen) atoms. The Kier molecular flexibility index (Phi) is 9.51. The maximum absolute atomic E-state index is 14.2. The molecule has 1 aliphatic heterocycles. The van der Waals surface area contributed by atoms with E-state index >= 15 is 0 Å². The number of hydrogen-bond donors (Lipinski definition) is 3. The molecular formula is C31H47FN4O4. The second-order valence-corrected chi connectivity index (χ2v) is 12.9. The van der Waals surface area contributed by atoms with Crippen LogP contribution in [0.15, 0.2) is 24.3 Å². The van der Waals surface area contributed by atoms with Gasteiger partial charge in [-0.15, -0.1) is 0 Å². The monoisotopic (exact) mass is 558 g/mol. The number of benzene rings is 1. The summed E-state index contributed by atoms with van der Waals surface area (Å²) in [6.07, 6.45) is 10.2. The molecule has 4 bridgehead atoms. The van der Waals surface area contributed by atoms with Gasteiger partial charge in [-0.3, -0.25) is 0 Å². The van der Waals surface area contributed by atoms with Gasteiger partial charge < -0.3 is 30.3 Å². The molecule has 4 saturated carbocycles. The largest absolute Gasteiger partial charge is 0.453 e. The van der Waals surface area contributed by atoms with Crippen molar-refractivity contribution >= 4 is 12.1 Å². The van der Waals surface area contributed by atoms with E-state index in [1.165, 1.54) is 57.8 Å². The number of rotatable bonds is 11. The van der Waals surface area contributed by atoms with Crippen LogP contribution in [0.5, 0.6) is 0 Å². The highest BCUT2D eigenvalue weighted by atomic mass is 19.1. The third kappa shape index (κ3) is 7.08. The average Bonchev–Trinajstić information content (AvgIpc) is 2.92. The van der Waals surface area contributed by atoms with Gasteiger partial charge in [0.15, 0.2) is 0 Å². The van der Waals surface area contributed by atoms with E-state index in [1.807, 2.05) is 18.0 Å². The van der Waals surface area contributed by atoms with Crippen molar-refractivity contribution in [2.45, 2.75) is 69.9 Å². The lowest BCUT2D eigenvalue weighted by molar-refractivity contribution is -0.0615. The van der Waals surface area contributed by atoms with Crippen LogP contribution in [-0.2, 0) is 9.47 Å². The zero-order valence-electron chi connectivity index (χ0n) is 24.1. The van der Waals surface area contributed by atoms with Crippen LogP contribution in [-0.4, -0.2) is 70.0 Å². The summed E-state index contributed by atoms with van der Waals surface area (Å²) in [5.74, 6) is 2.38. The molecule has 1 heterocycles. The minimum Gasteiger partial charge on any atom is -0.453 e. The molecule has 3 N–H and O–H groups in total. The Balaban J connectivity index is 1.21. The summed E-state index contributed by atoms with van der Waals surface area (Å²) < 4.78 is 25.0. The van der Waals surface area contributed by atoms with E-state index in [-0.39, 0.29) is 43.1 Å². The van der Waals surface area contributed by atoms with E-state index in [1.54, 1.807) is 6.07 Å². The third-order valence-electron chi connectivity index (χ3n) is 9.83. The van der Waals surface area contributed by atoms with Crippen LogP contribution in [0.1, 0.15) is 69.5 Å². The van der Waals surface area contributed by atoms with E-state index in [4.69, 9.17) is 4.74 Å². The van der Waals surface area contributed by atoms with Crippen molar-refractivity contribution in [1.29, 1.82) is 0 Å². The van der Waals surface area contributed by atoms with Crippen molar-refractivity contribution in [2.24, 2.45) is 29.1 Å². The average molecular weight is 559 g/mol. The molecule has 9 heteroatoms. The van der Waals surface area contributed by atoms with E-state index < -0.39 is 6.09 Å². The first-order valence-electron chi connectivity index (χ1n) is 15.3. The van der Waals surface area contributed by atoms with Gasteiger partial charge >= 0.3 is 12.1 Å². The third-order valence-corrected chi connectivity index (χ3v) is 9.83. The lowest BCUT2D eigenvalue weighted by Crippen LogP contribution is -2.54. The Morgan fingerprint density at radius 1 is 1.15 bits per heavy atom. The Labute approximate surface area is 238 Å². The lowest BCUT2D eigenvalue weighted by atomic mass is 9.48. The number of urea groups is 1. The number of amides is 3. The van der Waals surface area contributed by atoms with Crippen molar-refractivity contribution in [3.8, 4) is 0 Å². The predicted molar refractivity (Wildman–Crippen MR) is 151 cm³/mol. The van der Waals surface area contributed by atoms with E-state index in [9.17, 15) is 14.0 Å². The van der Waals surface area contributed by atoms with Crippen LogP contribution in [0.25, 0.3) is 0 Å². The highest BCUT2D eigenvalue weighted by Gasteiger charge is 2.51. The van der Waals surface area contributed by atoms with Gasteiger partial charge in [-0.05, 0) is 106 Å². The molecule has 3 unspecified atom stereocenters. The quantitative estimate of drug-likeness (QED) is 0.338. The molecular weight excluding hydrogens is 511 g/mol. The zero-order chi connectivity index (χ0) is 28.1. The second kappa shape index (κ2) is 13.1. The van der Waals surface area contributed by atoms with Gasteiger partial charge in [0.2, 0.25) is 0 Å². The number of hydrogen-bond acceptors (Lipinski definition) is 5. The molecule has 1 aromatic carbocycles. The van der Waals surface area contributed by atoms with Gasteiger partial charge in [-0.2, -0.15) is 0 Å². The Morgan fingerprint density at radius 3 is 2.52 bits per heavy atom. The summed E-state index contributed by atoms with van der Waals surface area (Å²) in [6.45, 7) is 2.56. The molecule has 1 saturated heterocycles. The number of likely N-dealkylation sites (N-methyl/N-ethyl adjacent to an activating group) is 1. The first-order chi connectivity index (χ1) is 19.4. The van der Waals surface area contributed by atoms with Crippen LogP contribution in [0.3, 0.4) is 0 Å². The summed E-state index contributed by atoms with van der Waals surface area (Å²) in [6, 6.07) is 6.58. The van der Waals surface area contributed by atoms with Crippen molar-refractivity contribution in [2.75, 3.05) is 46.9 Å². The molecule has 0 aromatic heterocycles. The van der Waals surface area contributed by atoms with Crippen molar-refractivity contribution < 1.29 is 23.5 Å². The van der Waals surface area contributed by atoms with Crippen molar-refractivity contribution in [1.82, 2.24) is 20.9 Å². The van der Waals surface area contributed by atoms with Gasteiger partial charge in [0.25, 0.3) is 0 Å². The number of likely N-dealkylation sites (tertiary alicyclic amines) is 1. The minimum atomic E-state index is -0.518. The first-order valence-corrected chi connectivity index (χ1v) is 15.3. The Hall–Kier alpha value is -2.39. The lowest BCUT2D eigenvalue weighted by Gasteiger charge is -2.57. The maximum Gasteiger partial charge on any atom is 0.406 e. The molecule has 5 fully saturated rings. The minimum absolute atomic E-state index is 0.0139. The summed E-state index contributed by atoms with van der Waals surface area (Å²) in [5, 5.41) is 9.36. The topological polar surface area (TPSA) is 91.9 Å². The summed E-state index contributed by atoms with van der Waals surface area (Å²) in [4.78, 5) is 27.0. The highest BCUT2D eigenvalue weighted by Crippen LogP contribution is 2.61. The van der Waals surface area contributed by atoms with Gasteiger partial charge in [0, 0.05) is 38.1 Å². The number of carbonyl (C=O) groups excluding carboxylic acids is 2. The smallest absolute Gasteiger partial charge is 0.406 e. The molecule has 222 valence electrons. The molecule has 8 nitrogen and oxygen atoms in total. The van der Waals surface area contributed by atoms with Crippen LogP contribution in [0, 0.1) is 34.9 Å². The van der Waals surface area contributed by atoms with Crippen molar-refractivity contribution in [3.63, 3.8) is 0 Å². The molecule has 5 aliphatic rings. The van der Waals surface area contributed by atoms with Gasteiger partial charge in [-0.1, -0.05) is 12.1 Å². The molecule has 6 rings (SSSR count). The summed E-state index contributed by atoms with van der Waals surface area (Å²) in [7, 11) is 3.28. The number of methoxy groups -OCH3 is 1. The van der Waals surface area contributed by atoms with Gasteiger partial charge in [0.05, 0.1) is 19.8 Å². The highest BCUT2D eigenvalue weighted by molar-refractivity contribution is 5.74. The van der Waals surface area contributed by atoms with Crippen LogP contribution < -0.4 is 16.0 Å². The van der Waals surface area contributed by atoms with Crippen LogP contribution in [0.2, 0.25) is 0 Å². The van der Waals surface area contributed by atoms with Gasteiger partial charge in [-0.25, -0.2) is 14.0 Å². The van der Waals surface area contributed by atoms with E-state index in [0.29, 0.717) is 18.5 Å². The second-order valence-electron chi connectivity index (χ2n) is 12.9. The van der Waals surface area contributed by atoms with E-state index in [0.717, 1.165) is 49.1 Å².